The highest BCUT2D eigenvalue weighted by molar-refractivity contribution is 6.33. The smallest absolute Gasteiger partial charge is 0.160 e. The van der Waals surface area contributed by atoms with Crippen molar-refractivity contribution in [3.8, 4) is 0 Å². The third-order valence-corrected chi connectivity index (χ3v) is 1.58. The van der Waals surface area contributed by atoms with Gasteiger partial charge < -0.3 is 5.11 Å². The summed E-state index contributed by atoms with van der Waals surface area (Å²) in [7, 11) is 0. The Morgan fingerprint density at radius 1 is 1.67 bits per heavy atom. The van der Waals surface area contributed by atoms with Gasteiger partial charge in [0.15, 0.2) is 5.82 Å². The minimum absolute atomic E-state index is 0.0396. The van der Waals surface area contributed by atoms with Crippen molar-refractivity contribution in [1.82, 2.24) is 4.98 Å². The Bertz CT molecular complexity index is 303. The molecule has 1 N–H and O–H groups in total. The van der Waals surface area contributed by atoms with E-state index in [-0.39, 0.29) is 11.8 Å². The van der Waals surface area contributed by atoms with Crippen molar-refractivity contribution in [2.75, 3.05) is 6.73 Å². The maximum atomic E-state index is 12.7. The van der Waals surface area contributed by atoms with Crippen LogP contribution < -0.4 is 0 Å². The monoisotopic (exact) mass is 188 g/mol. The van der Waals surface area contributed by atoms with Crippen LogP contribution in [-0.4, -0.2) is 23.0 Å². The van der Waals surface area contributed by atoms with E-state index < -0.39 is 5.82 Å². The molecule has 0 aliphatic rings. The number of aliphatic imine (C=N–C) groups is 1. The molecule has 0 amide bonds. The van der Waals surface area contributed by atoms with Crippen LogP contribution in [0.5, 0.6) is 0 Å². The highest BCUT2D eigenvalue weighted by Gasteiger charge is 2.02. The number of nitrogens with zero attached hydrogens (tertiary/aromatic N) is 2. The van der Waals surface area contributed by atoms with E-state index in [1.807, 2.05) is 0 Å². The third-order valence-electron chi connectivity index (χ3n) is 1.18. The topological polar surface area (TPSA) is 45.5 Å². The Labute approximate surface area is 73.5 Å². The van der Waals surface area contributed by atoms with Gasteiger partial charge in [0.2, 0.25) is 0 Å². The molecule has 0 aliphatic heterocycles. The molecule has 1 aromatic rings. The first-order chi connectivity index (χ1) is 5.75. The average molecular weight is 189 g/mol. The highest BCUT2D eigenvalue weighted by atomic mass is 35.5. The predicted octanol–water partition coefficient (Wildman–Crippen LogP) is 1.24. The molecule has 0 saturated carbocycles. The van der Waals surface area contributed by atoms with Gasteiger partial charge in [0.05, 0.1) is 11.2 Å². The number of rotatable bonds is 2. The van der Waals surface area contributed by atoms with Crippen LogP contribution in [0, 0.1) is 5.82 Å². The first-order valence-electron chi connectivity index (χ1n) is 3.15. The van der Waals surface area contributed by atoms with Crippen molar-refractivity contribution in [1.29, 1.82) is 0 Å². The molecule has 3 nitrogen and oxygen atoms in total. The molecular formula is C7H6ClFN2O. The molecule has 0 fully saturated rings. The average Bonchev–Trinajstić information content (AvgIpc) is 2.08. The summed E-state index contributed by atoms with van der Waals surface area (Å²) >= 11 is 5.54. The van der Waals surface area contributed by atoms with Gasteiger partial charge in [-0.15, -0.1) is 0 Å². The zero-order valence-corrected chi connectivity index (χ0v) is 6.79. The summed E-state index contributed by atoms with van der Waals surface area (Å²) in [5.41, 5.74) is 0.353. The highest BCUT2D eigenvalue weighted by Crippen LogP contribution is 2.16. The van der Waals surface area contributed by atoms with E-state index in [9.17, 15) is 4.39 Å². The number of halogens is 2. The Hall–Kier alpha value is -1.00. The molecular weight excluding hydrogens is 183 g/mol. The standard InChI is InChI=1S/C7H6ClFN2O/c8-7-5(2-11-4-12)1-10-3-6(7)9/h1-3,12H,4H2. The molecule has 12 heavy (non-hydrogen) atoms. The van der Waals surface area contributed by atoms with Gasteiger partial charge in [0.1, 0.15) is 6.73 Å². The van der Waals surface area contributed by atoms with Crippen molar-refractivity contribution in [3.63, 3.8) is 0 Å². The quantitative estimate of drug-likeness (QED) is 0.710. The summed E-state index contributed by atoms with van der Waals surface area (Å²) in [6.45, 7) is -0.354. The van der Waals surface area contributed by atoms with Crippen molar-refractivity contribution >= 4 is 17.8 Å². The van der Waals surface area contributed by atoms with Crippen LogP contribution in [0.2, 0.25) is 5.02 Å². The van der Waals surface area contributed by atoms with Gasteiger partial charge in [-0.05, 0) is 0 Å². The lowest BCUT2D eigenvalue weighted by Crippen LogP contribution is -1.90. The van der Waals surface area contributed by atoms with Crippen molar-refractivity contribution in [2.45, 2.75) is 0 Å². The van der Waals surface area contributed by atoms with Gasteiger partial charge in [-0.1, -0.05) is 11.6 Å². The summed E-state index contributed by atoms with van der Waals surface area (Å²) in [5.74, 6) is -0.599. The second-order valence-corrected chi connectivity index (χ2v) is 2.36. The Balaban J connectivity index is 3.00. The molecule has 0 radical (unpaired) electrons. The second-order valence-electron chi connectivity index (χ2n) is 1.98. The van der Waals surface area contributed by atoms with Crippen molar-refractivity contribution < 1.29 is 9.50 Å². The fraction of sp³-hybridized carbons (Fsp3) is 0.143. The van der Waals surface area contributed by atoms with E-state index in [0.29, 0.717) is 5.56 Å². The zero-order chi connectivity index (χ0) is 8.97. The van der Waals surface area contributed by atoms with E-state index in [1.54, 1.807) is 0 Å². The molecule has 0 unspecified atom stereocenters. The van der Waals surface area contributed by atoms with E-state index in [1.165, 1.54) is 12.4 Å². The molecule has 1 aromatic heterocycles. The molecule has 0 aromatic carbocycles. The second kappa shape index (κ2) is 4.13. The normalized spacial score (nSPS) is 10.9. The number of aliphatic hydroxyl groups is 1. The Morgan fingerprint density at radius 3 is 3.08 bits per heavy atom. The van der Waals surface area contributed by atoms with Gasteiger partial charge >= 0.3 is 0 Å². The minimum Gasteiger partial charge on any atom is -0.375 e. The van der Waals surface area contributed by atoms with E-state index in [4.69, 9.17) is 16.7 Å². The summed E-state index contributed by atoms with van der Waals surface area (Å²) in [5, 5.41) is 8.29. The van der Waals surface area contributed by atoms with E-state index in [0.717, 1.165) is 6.20 Å². The fourth-order valence-electron chi connectivity index (χ4n) is 0.663. The maximum Gasteiger partial charge on any atom is 0.160 e. The Kier molecular flexibility index (Phi) is 3.13. The molecule has 0 bridgehead atoms. The van der Waals surface area contributed by atoms with Crippen molar-refractivity contribution in [3.05, 3.63) is 28.8 Å². The minimum atomic E-state index is -0.599. The number of aliphatic hydroxyl groups excluding tert-OH is 1. The van der Waals surface area contributed by atoms with Crippen LogP contribution in [0.25, 0.3) is 0 Å². The Morgan fingerprint density at radius 2 is 2.42 bits per heavy atom. The van der Waals surface area contributed by atoms with Gasteiger partial charge in [-0.25, -0.2) is 4.39 Å². The van der Waals surface area contributed by atoms with Crippen LogP contribution >= 0.6 is 11.6 Å². The van der Waals surface area contributed by atoms with Gasteiger partial charge in [-0.2, -0.15) is 0 Å². The maximum absolute atomic E-state index is 12.7. The molecule has 0 aliphatic carbocycles. The van der Waals surface area contributed by atoms with Gasteiger partial charge in [0.25, 0.3) is 0 Å². The predicted molar refractivity (Wildman–Crippen MR) is 43.9 cm³/mol. The first-order valence-corrected chi connectivity index (χ1v) is 3.53. The van der Waals surface area contributed by atoms with Gasteiger partial charge in [0, 0.05) is 18.0 Å². The molecule has 64 valence electrons. The largest absolute Gasteiger partial charge is 0.375 e. The van der Waals surface area contributed by atoms with Gasteiger partial charge in [-0.3, -0.25) is 9.98 Å². The molecule has 5 heteroatoms. The molecule has 0 spiro atoms. The SMILES string of the molecule is OCN=Cc1cncc(F)c1Cl. The first kappa shape index (κ1) is 9.09. The lowest BCUT2D eigenvalue weighted by atomic mass is 10.3. The third kappa shape index (κ3) is 1.99. The molecule has 1 heterocycles. The lowest BCUT2D eigenvalue weighted by Gasteiger charge is -1.96. The number of hydrogen-bond donors (Lipinski definition) is 1. The summed E-state index contributed by atoms with van der Waals surface area (Å²) < 4.78 is 12.7. The van der Waals surface area contributed by atoms with Crippen molar-refractivity contribution in [2.24, 2.45) is 4.99 Å². The summed E-state index contributed by atoms with van der Waals surface area (Å²) in [4.78, 5) is 7.05. The lowest BCUT2D eigenvalue weighted by molar-refractivity contribution is 0.310. The van der Waals surface area contributed by atoms with E-state index >= 15 is 0 Å². The molecule has 0 saturated heterocycles. The number of aromatic nitrogens is 1. The van der Waals surface area contributed by atoms with E-state index in [2.05, 4.69) is 9.98 Å². The molecule has 1 rings (SSSR count). The van der Waals surface area contributed by atoms with Crippen LogP contribution in [0.1, 0.15) is 5.56 Å². The van der Waals surface area contributed by atoms with Crippen LogP contribution in [0.15, 0.2) is 17.4 Å². The zero-order valence-electron chi connectivity index (χ0n) is 6.04. The van der Waals surface area contributed by atoms with Crippen LogP contribution in [0.3, 0.4) is 0 Å². The summed E-state index contributed by atoms with van der Waals surface area (Å²) in [6.07, 6.45) is 3.64. The van der Waals surface area contributed by atoms with Crippen LogP contribution in [-0.2, 0) is 0 Å². The summed E-state index contributed by atoms with van der Waals surface area (Å²) in [6, 6.07) is 0. The molecule has 0 atom stereocenters. The number of hydrogen-bond acceptors (Lipinski definition) is 3. The fourth-order valence-corrected chi connectivity index (χ4v) is 0.810. The van der Waals surface area contributed by atoms with Crippen LogP contribution in [0.4, 0.5) is 4.39 Å². The number of pyridine rings is 1.